The number of thiocarbonyl (C=S) groups is 2. The number of carbonyl (C=O) groups is 1. The molecule has 10 atom stereocenters. The molecule has 16 heteroatoms. The van der Waals surface area contributed by atoms with E-state index in [4.69, 9.17) is 42.6 Å². The van der Waals surface area contributed by atoms with Gasteiger partial charge >= 0.3 is 0 Å². The minimum absolute atomic E-state index is 0. The lowest BCUT2D eigenvalue weighted by atomic mass is 9.51. The lowest BCUT2D eigenvalue weighted by Gasteiger charge is -2.53. The first-order valence-electron chi connectivity index (χ1n) is 25.9. The second kappa shape index (κ2) is 20.8. The van der Waals surface area contributed by atoms with Gasteiger partial charge in [-0.05, 0) is 215 Å². The van der Waals surface area contributed by atoms with Crippen LogP contribution < -0.4 is 47.1 Å². The van der Waals surface area contributed by atoms with Crippen LogP contribution in [0.5, 0.6) is 23.0 Å². The molecule has 12 N–H and O–H groups in total. The number of hydrogen-bond donors (Lipinski definition) is 7. The zero-order valence-electron chi connectivity index (χ0n) is 42.8. The summed E-state index contributed by atoms with van der Waals surface area (Å²) in [5.41, 5.74) is 24.8. The molecule has 2 unspecified atom stereocenters. The molecule has 14 nitrogen and oxygen atoms in total. The van der Waals surface area contributed by atoms with E-state index in [0.717, 1.165) is 112 Å². The van der Waals surface area contributed by atoms with Crippen molar-refractivity contribution in [3.63, 3.8) is 0 Å². The molecule has 0 bridgehead atoms. The van der Waals surface area contributed by atoms with Crippen LogP contribution in [0.2, 0.25) is 0 Å². The molecular formula is C58H70N6O8S2. The fraction of sp³-hybridized carbons (Fsp3) is 0.517. The van der Waals surface area contributed by atoms with E-state index in [1.165, 1.54) is 39.0 Å². The Balaban J connectivity index is 0.000000165. The van der Waals surface area contributed by atoms with Crippen molar-refractivity contribution in [1.82, 2.24) is 10.9 Å². The second-order valence-electron chi connectivity index (χ2n) is 21.9. The first kappa shape index (κ1) is 53.1. The number of nitrogens with zero attached hydrogens (tertiary/aromatic N) is 1. The van der Waals surface area contributed by atoms with Crippen LogP contribution in [-0.4, -0.2) is 62.2 Å². The Morgan fingerprint density at radius 3 is 1.59 bits per heavy atom. The van der Waals surface area contributed by atoms with Crippen molar-refractivity contribution in [1.29, 1.82) is 0 Å². The summed E-state index contributed by atoms with van der Waals surface area (Å²) in [6.07, 6.45) is 16.7. The highest BCUT2D eigenvalue weighted by molar-refractivity contribution is 7.80. The molecule has 2 aromatic carbocycles. The third-order valence-corrected chi connectivity index (χ3v) is 18.7. The zero-order valence-corrected chi connectivity index (χ0v) is 44.5. The number of ketones is 1. The average Bonchev–Trinajstić information content (AvgIpc) is 4.16. The first-order valence-corrected chi connectivity index (χ1v) is 26.8. The molecule has 10 aliphatic rings. The Labute approximate surface area is 445 Å². The highest BCUT2D eigenvalue weighted by atomic mass is 32.1. The summed E-state index contributed by atoms with van der Waals surface area (Å²) >= 11 is 9.17. The number of benzene rings is 2. The summed E-state index contributed by atoms with van der Waals surface area (Å²) in [5, 5.41) is 28.3. The monoisotopic (exact) mass is 1040 g/mol. The van der Waals surface area contributed by atoms with Crippen molar-refractivity contribution in [3.8, 4) is 46.7 Å². The zero-order chi connectivity index (χ0) is 51.5. The summed E-state index contributed by atoms with van der Waals surface area (Å²) in [5.74, 6) is 22.7. The number of nitrogens with one attached hydrogen (secondary N) is 2. The van der Waals surface area contributed by atoms with E-state index in [9.17, 15) is 15.0 Å². The molecule has 2 heterocycles. The van der Waals surface area contributed by atoms with Crippen LogP contribution in [0.25, 0.3) is 0 Å². The molecule has 4 fully saturated rings. The van der Waals surface area contributed by atoms with E-state index in [1.807, 2.05) is 37.5 Å². The van der Waals surface area contributed by atoms with Crippen LogP contribution in [0.3, 0.4) is 0 Å². The largest absolute Gasteiger partial charge is 0.454 e. The normalized spacial score (nSPS) is 33.7. The Bertz CT molecular complexity index is 2940. The van der Waals surface area contributed by atoms with Gasteiger partial charge in [0.2, 0.25) is 13.6 Å². The average molecular weight is 1040 g/mol. The Morgan fingerprint density at radius 1 is 0.676 bits per heavy atom. The van der Waals surface area contributed by atoms with Crippen LogP contribution in [0, 0.1) is 58.2 Å². The number of hydrazine groups is 1. The van der Waals surface area contributed by atoms with Gasteiger partial charge in [-0.15, -0.1) is 11.8 Å². The summed E-state index contributed by atoms with van der Waals surface area (Å²) in [7, 11) is 0. The van der Waals surface area contributed by atoms with Crippen LogP contribution in [0.1, 0.15) is 141 Å². The lowest BCUT2D eigenvalue weighted by molar-refractivity contribution is -0.114. The number of rotatable bonds is 3. The fourth-order valence-electron chi connectivity index (χ4n) is 15.2. The molecule has 0 aromatic heterocycles. The number of nitrogens with two attached hydrogens (primary N) is 3. The van der Waals surface area contributed by atoms with Crippen LogP contribution >= 0.6 is 24.4 Å². The van der Waals surface area contributed by atoms with Gasteiger partial charge in [0, 0.05) is 29.1 Å². The third-order valence-electron chi connectivity index (χ3n) is 18.5. The van der Waals surface area contributed by atoms with Gasteiger partial charge in [-0.2, -0.15) is 5.10 Å². The summed E-state index contributed by atoms with van der Waals surface area (Å²) in [4.78, 5) is 12.2. The van der Waals surface area contributed by atoms with E-state index in [2.05, 4.69) is 96.5 Å². The summed E-state index contributed by atoms with van der Waals surface area (Å²) in [6, 6.07) is 12.7. The molecule has 74 heavy (non-hydrogen) atoms. The van der Waals surface area contributed by atoms with E-state index >= 15 is 0 Å². The predicted octanol–water partition coefficient (Wildman–Crippen LogP) is 7.63. The van der Waals surface area contributed by atoms with Gasteiger partial charge in [-0.3, -0.25) is 10.2 Å². The highest BCUT2D eigenvalue weighted by Gasteiger charge is 2.64. The molecule has 0 amide bonds. The maximum absolute atomic E-state index is 12.2. The quantitative estimate of drug-likeness (QED) is 0.0678. The molecule has 4 saturated carbocycles. The molecule has 8 aliphatic carbocycles. The topological polar surface area (TPSA) is 240 Å². The van der Waals surface area contributed by atoms with Crippen molar-refractivity contribution in [2.45, 2.75) is 141 Å². The SMILES string of the molecule is CC#C[C@]1(O)CCC2[C@@H]3CCC4=C/C(=N/NC(N)=S)CCC4=C3[C@@H](c3ccc4c(c3)OCO4)C[C@@]21C.CC#C[C@]1(O)CCC2[C@@H]3CCC4=CC(=O)CCC4=C3[C@@H](c3ccc4c(c3)OCO4)C[C@@]21C.NNC(N)=S.O. The van der Waals surface area contributed by atoms with Gasteiger partial charge in [0.15, 0.2) is 39.0 Å². The standard InChI is InChI=1S/C29H33N3O3S.C28H30O4.CH5N3S.H2O/c1-3-11-29(33)12-10-23-21-7-4-17-13-19(31-32-27(30)36)6-8-20(17)26(21)22(15-28(23,29)2)18-5-9-24-25(14-18)35-16-34-24;1-3-11-28(30)12-10-23-21-7-4-17-13-19(29)6-8-20(17)26(21)22(15-27(23,28)2)18-5-9-24-25(14-18)32-16-31-24;2-1(5)4-3;/h5,9,13-14,21-23,33H,4,6-8,10,12,15-16H2,1-2H3,(H3,30,32,36);5,9,13-14,21-23,30H,4,6-8,10,12,15-16H2,1-2H3;3H2,(H3,2,4,5);1H2/b31-19+;;;/t21-,22+,23?,28-,29-;21-,22+,23?,27-,28-;;/m00../s1. The van der Waals surface area contributed by atoms with Gasteiger partial charge in [-0.25, -0.2) is 5.84 Å². The molecule has 0 spiro atoms. The smallest absolute Gasteiger partial charge is 0.231 e. The van der Waals surface area contributed by atoms with Crippen molar-refractivity contribution >= 4 is 46.2 Å². The Morgan fingerprint density at radius 2 is 1.14 bits per heavy atom. The minimum Gasteiger partial charge on any atom is -0.454 e. The van der Waals surface area contributed by atoms with Crippen molar-refractivity contribution < 1.29 is 39.4 Å². The van der Waals surface area contributed by atoms with E-state index < -0.39 is 11.2 Å². The van der Waals surface area contributed by atoms with Gasteiger partial charge in [-0.1, -0.05) is 49.0 Å². The van der Waals surface area contributed by atoms with Gasteiger partial charge < -0.3 is 51.5 Å². The maximum atomic E-state index is 12.2. The molecule has 2 aliphatic heterocycles. The van der Waals surface area contributed by atoms with Crippen molar-refractivity contribution in [2.24, 2.45) is 56.9 Å². The number of aliphatic hydroxyl groups is 2. The lowest BCUT2D eigenvalue weighted by Crippen LogP contribution is -2.51. The molecular weight excluding hydrogens is 973 g/mol. The number of fused-ring (bicyclic) bond motifs is 10. The van der Waals surface area contributed by atoms with Crippen LogP contribution in [0.15, 0.2) is 87.1 Å². The van der Waals surface area contributed by atoms with Gasteiger partial charge in [0.25, 0.3) is 0 Å². The second-order valence-corrected chi connectivity index (χ2v) is 22.8. The van der Waals surface area contributed by atoms with Crippen LogP contribution in [-0.2, 0) is 4.79 Å². The molecule has 2 aromatic rings. The number of hydrogen-bond acceptors (Lipinski definition) is 11. The van der Waals surface area contributed by atoms with E-state index in [0.29, 0.717) is 30.1 Å². The number of allylic oxidation sites excluding steroid dienone is 8. The molecule has 392 valence electrons. The van der Waals surface area contributed by atoms with Gasteiger partial charge in [0.1, 0.15) is 11.2 Å². The number of hydrazone groups is 1. The van der Waals surface area contributed by atoms with E-state index in [1.54, 1.807) is 5.57 Å². The maximum Gasteiger partial charge on any atom is 0.231 e. The molecule has 0 saturated heterocycles. The number of ether oxygens (including phenoxy) is 4. The van der Waals surface area contributed by atoms with Crippen LogP contribution in [0.4, 0.5) is 0 Å². The summed E-state index contributed by atoms with van der Waals surface area (Å²) in [6.45, 7) is 8.75. The first-order chi connectivity index (χ1) is 35.0. The number of carbonyl (C=O) groups excluding carboxylic acids is 1. The van der Waals surface area contributed by atoms with Crippen molar-refractivity contribution in [3.05, 3.63) is 93.1 Å². The minimum atomic E-state index is -0.952. The molecule has 0 radical (unpaired) electrons. The Kier molecular flexibility index (Phi) is 14.9. The molecule has 12 rings (SSSR count). The van der Waals surface area contributed by atoms with Crippen molar-refractivity contribution in [2.75, 3.05) is 13.6 Å². The van der Waals surface area contributed by atoms with Gasteiger partial charge in [0.05, 0.1) is 5.71 Å². The summed E-state index contributed by atoms with van der Waals surface area (Å²) < 4.78 is 22.6. The van der Waals surface area contributed by atoms with E-state index in [-0.39, 0.29) is 57.7 Å². The predicted molar refractivity (Wildman–Crippen MR) is 293 cm³/mol. The highest BCUT2D eigenvalue weighted by Crippen LogP contribution is 2.68. The fourth-order valence-corrected chi connectivity index (χ4v) is 15.3. The Hall–Kier alpha value is -5.72. The third kappa shape index (κ3) is 9.19.